The average Bonchev–Trinajstić information content (AvgIpc) is 2.16. The summed E-state index contributed by atoms with van der Waals surface area (Å²) >= 11 is 3.89. The van der Waals surface area contributed by atoms with Crippen molar-refractivity contribution in [2.24, 2.45) is 0 Å². The number of nitrogens with one attached hydrogen (secondary N) is 1. The maximum absolute atomic E-state index is 5.43. The molecule has 0 aromatic heterocycles. The lowest BCUT2D eigenvalue weighted by Crippen LogP contribution is -2.20. The van der Waals surface area contributed by atoms with E-state index in [-0.39, 0.29) is 0 Å². The van der Waals surface area contributed by atoms with Crippen LogP contribution in [-0.4, -0.2) is 44.8 Å². The van der Waals surface area contributed by atoms with Crippen molar-refractivity contribution in [3.63, 3.8) is 0 Å². The number of nitrogens with zero attached hydrogens (tertiary/aromatic N) is 1. The Morgan fingerprint density at radius 1 is 1.31 bits per heavy atom. The van der Waals surface area contributed by atoms with E-state index in [0.29, 0.717) is 0 Å². The second kappa shape index (κ2) is 10.3. The van der Waals surface area contributed by atoms with Gasteiger partial charge in [0.15, 0.2) is 0 Å². The lowest BCUT2D eigenvalue weighted by Gasteiger charge is -2.13. The van der Waals surface area contributed by atoms with E-state index in [4.69, 9.17) is 4.74 Å². The Kier molecular flexibility index (Phi) is 10.5. The molecular formula is C9H22N2OS. The number of hydrogen-bond donors (Lipinski definition) is 2. The molecule has 0 unspecified atom stereocenters. The van der Waals surface area contributed by atoms with Gasteiger partial charge in [0.05, 0.1) is 0 Å². The molecule has 0 heterocycles. The predicted molar refractivity (Wildman–Crippen MR) is 60.2 cm³/mol. The van der Waals surface area contributed by atoms with Gasteiger partial charge in [0.1, 0.15) is 0 Å². The highest BCUT2D eigenvalue weighted by atomic mass is 32.1. The lowest BCUT2D eigenvalue weighted by atomic mass is 10.4. The Balaban J connectivity index is 2.91. The Labute approximate surface area is 87.4 Å². The molecule has 0 saturated heterocycles. The van der Waals surface area contributed by atoms with Gasteiger partial charge in [0, 0.05) is 26.3 Å². The SMILES string of the molecule is CCN(C)CCCOCCCNS. The molecular weight excluding hydrogens is 184 g/mol. The Morgan fingerprint density at radius 3 is 2.62 bits per heavy atom. The molecule has 3 nitrogen and oxygen atoms in total. The van der Waals surface area contributed by atoms with Gasteiger partial charge in [-0.1, -0.05) is 19.7 Å². The summed E-state index contributed by atoms with van der Waals surface area (Å²) in [5.41, 5.74) is 0. The topological polar surface area (TPSA) is 24.5 Å². The summed E-state index contributed by atoms with van der Waals surface area (Å²) in [5.74, 6) is 0. The Morgan fingerprint density at radius 2 is 2.00 bits per heavy atom. The van der Waals surface area contributed by atoms with Crippen LogP contribution in [-0.2, 0) is 4.74 Å². The molecule has 0 spiro atoms. The molecule has 1 N–H and O–H groups in total. The maximum atomic E-state index is 5.43. The molecule has 0 aliphatic heterocycles. The van der Waals surface area contributed by atoms with Crippen molar-refractivity contribution in [3.8, 4) is 0 Å². The van der Waals surface area contributed by atoms with Crippen molar-refractivity contribution in [1.82, 2.24) is 9.62 Å². The van der Waals surface area contributed by atoms with Gasteiger partial charge in [-0.2, -0.15) is 0 Å². The monoisotopic (exact) mass is 206 g/mol. The molecule has 0 radical (unpaired) electrons. The quantitative estimate of drug-likeness (QED) is 0.437. The van der Waals surface area contributed by atoms with Gasteiger partial charge in [-0.05, 0) is 26.4 Å². The van der Waals surface area contributed by atoms with Crippen LogP contribution in [0.4, 0.5) is 0 Å². The van der Waals surface area contributed by atoms with Crippen molar-refractivity contribution in [1.29, 1.82) is 0 Å². The van der Waals surface area contributed by atoms with Crippen molar-refractivity contribution < 1.29 is 4.74 Å². The van der Waals surface area contributed by atoms with Gasteiger partial charge in [0.2, 0.25) is 0 Å². The van der Waals surface area contributed by atoms with Crippen LogP contribution in [0.1, 0.15) is 19.8 Å². The largest absolute Gasteiger partial charge is 0.381 e. The van der Waals surface area contributed by atoms with Crippen molar-refractivity contribution in [3.05, 3.63) is 0 Å². The van der Waals surface area contributed by atoms with Gasteiger partial charge < -0.3 is 9.64 Å². The first-order valence-electron chi connectivity index (χ1n) is 4.94. The van der Waals surface area contributed by atoms with E-state index in [0.717, 1.165) is 45.7 Å². The highest BCUT2D eigenvalue weighted by molar-refractivity contribution is 7.78. The van der Waals surface area contributed by atoms with Gasteiger partial charge in [-0.15, -0.1) is 0 Å². The van der Waals surface area contributed by atoms with Crippen molar-refractivity contribution in [2.45, 2.75) is 19.8 Å². The third-order valence-electron chi connectivity index (χ3n) is 1.95. The number of thiol groups is 1. The van der Waals surface area contributed by atoms with E-state index in [1.807, 2.05) is 0 Å². The number of ether oxygens (including phenoxy) is 1. The summed E-state index contributed by atoms with van der Waals surface area (Å²) in [6.45, 7) is 7.03. The summed E-state index contributed by atoms with van der Waals surface area (Å²) in [4.78, 5) is 2.29. The minimum Gasteiger partial charge on any atom is -0.381 e. The Bertz CT molecular complexity index is 104. The van der Waals surface area contributed by atoms with Gasteiger partial charge in [-0.3, -0.25) is 4.72 Å². The van der Waals surface area contributed by atoms with Crippen LogP contribution in [0.5, 0.6) is 0 Å². The molecule has 0 amide bonds. The molecule has 0 atom stereocenters. The predicted octanol–water partition coefficient (Wildman–Crippen LogP) is 1.17. The minimum atomic E-state index is 0.837. The zero-order chi connectivity index (χ0) is 9.94. The third kappa shape index (κ3) is 10.1. The second-order valence-corrected chi connectivity index (χ2v) is 3.44. The zero-order valence-corrected chi connectivity index (χ0v) is 9.65. The van der Waals surface area contributed by atoms with Crippen LogP contribution in [0, 0.1) is 0 Å². The fraction of sp³-hybridized carbons (Fsp3) is 1.00. The summed E-state index contributed by atoms with van der Waals surface area (Å²) in [6.07, 6.45) is 2.16. The normalized spacial score (nSPS) is 11.1. The van der Waals surface area contributed by atoms with Crippen molar-refractivity contribution in [2.75, 3.05) is 39.9 Å². The first-order chi connectivity index (χ1) is 6.31. The molecule has 80 valence electrons. The van der Waals surface area contributed by atoms with Gasteiger partial charge >= 0.3 is 0 Å². The van der Waals surface area contributed by atoms with E-state index in [1.165, 1.54) is 0 Å². The molecule has 0 bridgehead atoms. The van der Waals surface area contributed by atoms with Crippen LogP contribution >= 0.6 is 12.8 Å². The molecule has 0 aliphatic rings. The van der Waals surface area contributed by atoms with Gasteiger partial charge in [0.25, 0.3) is 0 Å². The maximum Gasteiger partial charge on any atom is 0.0478 e. The van der Waals surface area contributed by atoms with E-state index >= 15 is 0 Å². The van der Waals surface area contributed by atoms with Crippen LogP contribution in [0.2, 0.25) is 0 Å². The number of rotatable bonds is 9. The van der Waals surface area contributed by atoms with Crippen LogP contribution in [0.3, 0.4) is 0 Å². The smallest absolute Gasteiger partial charge is 0.0478 e. The molecule has 0 saturated carbocycles. The average molecular weight is 206 g/mol. The molecule has 0 aromatic rings. The van der Waals surface area contributed by atoms with Gasteiger partial charge in [-0.25, -0.2) is 0 Å². The first kappa shape index (κ1) is 13.2. The number of hydrogen-bond acceptors (Lipinski definition) is 4. The Hall–Kier alpha value is 0.230. The van der Waals surface area contributed by atoms with Crippen LogP contribution in [0.15, 0.2) is 0 Å². The molecule has 0 aliphatic carbocycles. The zero-order valence-electron chi connectivity index (χ0n) is 8.75. The summed E-state index contributed by atoms with van der Waals surface area (Å²) in [5, 5.41) is 0. The fourth-order valence-corrected chi connectivity index (χ4v) is 1.11. The highest BCUT2D eigenvalue weighted by Gasteiger charge is 1.93. The summed E-state index contributed by atoms with van der Waals surface area (Å²) < 4.78 is 8.22. The molecule has 4 heteroatoms. The highest BCUT2D eigenvalue weighted by Crippen LogP contribution is 1.89. The third-order valence-corrected chi connectivity index (χ3v) is 2.17. The summed E-state index contributed by atoms with van der Waals surface area (Å²) in [7, 11) is 2.13. The van der Waals surface area contributed by atoms with Crippen LogP contribution in [0.25, 0.3) is 0 Å². The van der Waals surface area contributed by atoms with E-state index in [2.05, 4.69) is 36.4 Å². The van der Waals surface area contributed by atoms with E-state index in [1.54, 1.807) is 0 Å². The molecule has 0 rings (SSSR count). The minimum absolute atomic E-state index is 0.837. The molecule has 0 aromatic carbocycles. The second-order valence-electron chi connectivity index (χ2n) is 3.12. The van der Waals surface area contributed by atoms with E-state index < -0.39 is 0 Å². The first-order valence-corrected chi connectivity index (χ1v) is 5.39. The summed E-state index contributed by atoms with van der Waals surface area (Å²) in [6, 6.07) is 0. The van der Waals surface area contributed by atoms with Crippen LogP contribution < -0.4 is 4.72 Å². The van der Waals surface area contributed by atoms with E-state index in [9.17, 15) is 0 Å². The lowest BCUT2D eigenvalue weighted by molar-refractivity contribution is 0.123. The fourth-order valence-electron chi connectivity index (χ4n) is 0.950. The molecule has 13 heavy (non-hydrogen) atoms. The standard InChI is InChI=1S/C9H22N2OS/c1-3-11(2)7-5-9-12-8-4-6-10-13/h10,13H,3-9H2,1-2H3. The van der Waals surface area contributed by atoms with Crippen molar-refractivity contribution >= 4 is 12.8 Å². The molecule has 0 fully saturated rings.